The number of rotatable bonds is 8. The number of nitrogens with zero attached hydrogens (tertiary/aromatic N) is 1. The van der Waals surface area contributed by atoms with Crippen LogP contribution < -0.4 is 19.8 Å². The number of aromatic nitrogens is 1. The van der Waals surface area contributed by atoms with Crippen LogP contribution in [0.2, 0.25) is 0 Å². The fourth-order valence-electron chi connectivity index (χ4n) is 8.55. The van der Waals surface area contributed by atoms with Gasteiger partial charge in [-0.1, -0.05) is 35.6 Å². The summed E-state index contributed by atoms with van der Waals surface area (Å²) >= 11 is 2.69. The van der Waals surface area contributed by atoms with Crippen LogP contribution in [0.1, 0.15) is 45.6 Å². The SMILES string of the molecule is CCOC(=O)c1ccc(N2C(=O)C3C(C2=O)[C@@H]2C[C@H]3C3Sc4[nH]c(=O)sc4[C@H](c4ccc(OCC(=O)Nc5ccccc5C(F)(F)F)cc4)C32)cc1. The van der Waals surface area contributed by atoms with Gasteiger partial charge in [-0.05, 0) is 85.2 Å². The smallest absolute Gasteiger partial charge is 0.418 e. The maximum atomic E-state index is 14.1. The number of hydrogen-bond donors (Lipinski definition) is 2. The molecule has 2 aliphatic carbocycles. The van der Waals surface area contributed by atoms with Gasteiger partial charge in [0.15, 0.2) is 6.61 Å². The van der Waals surface area contributed by atoms with Crippen LogP contribution in [0.3, 0.4) is 0 Å². The Bertz CT molecular complexity index is 2150. The first-order chi connectivity index (χ1) is 24.9. The van der Waals surface area contributed by atoms with E-state index in [1.54, 1.807) is 55.1 Å². The number of amides is 3. The molecule has 0 spiro atoms. The molecular formula is C37H30F3N3O7S2. The third-order valence-electron chi connectivity index (χ3n) is 10.5. The topological polar surface area (TPSA) is 135 Å². The van der Waals surface area contributed by atoms with E-state index in [9.17, 15) is 37.1 Å². The van der Waals surface area contributed by atoms with E-state index in [1.807, 2.05) is 12.1 Å². The predicted molar refractivity (Wildman–Crippen MR) is 185 cm³/mol. The van der Waals surface area contributed by atoms with Gasteiger partial charge in [-0.2, -0.15) is 13.2 Å². The molecular weight excluding hydrogens is 720 g/mol. The molecule has 1 aromatic heterocycles. The second-order valence-electron chi connectivity index (χ2n) is 13.2. The lowest BCUT2D eigenvalue weighted by molar-refractivity contribution is -0.137. The highest BCUT2D eigenvalue weighted by Crippen LogP contribution is 2.68. The van der Waals surface area contributed by atoms with Crippen LogP contribution >= 0.6 is 23.1 Å². The Kier molecular flexibility index (Phi) is 8.52. The molecule has 15 heteroatoms. The van der Waals surface area contributed by atoms with Crippen LogP contribution in [0.4, 0.5) is 24.5 Å². The predicted octanol–water partition coefficient (Wildman–Crippen LogP) is 6.33. The molecule has 4 aliphatic rings. The fraction of sp³-hybridized carbons (Fsp3) is 0.324. The number of imide groups is 1. The van der Waals surface area contributed by atoms with Crippen molar-refractivity contribution in [3.63, 3.8) is 0 Å². The Morgan fingerprint density at radius 1 is 0.942 bits per heavy atom. The van der Waals surface area contributed by atoms with E-state index in [1.165, 1.54) is 23.1 Å². The molecule has 268 valence electrons. The van der Waals surface area contributed by atoms with Gasteiger partial charge in [0.1, 0.15) is 5.75 Å². The molecule has 10 nitrogen and oxygen atoms in total. The second-order valence-corrected chi connectivity index (χ2v) is 15.4. The minimum atomic E-state index is -4.64. The Morgan fingerprint density at radius 2 is 1.63 bits per heavy atom. The number of hydrogen-bond acceptors (Lipinski definition) is 9. The molecule has 3 fully saturated rings. The average molecular weight is 750 g/mol. The number of H-pyrrole nitrogens is 1. The highest BCUT2D eigenvalue weighted by Gasteiger charge is 2.69. The molecule has 2 aliphatic heterocycles. The first kappa shape index (κ1) is 34.2. The van der Waals surface area contributed by atoms with Crippen molar-refractivity contribution in [2.75, 3.05) is 23.4 Å². The molecule has 1 saturated heterocycles. The summed E-state index contributed by atoms with van der Waals surface area (Å²) in [5.41, 5.74) is 0.268. The molecule has 2 N–H and O–H groups in total. The Balaban J connectivity index is 1.02. The summed E-state index contributed by atoms with van der Waals surface area (Å²) in [4.78, 5) is 70.2. The third-order valence-corrected chi connectivity index (χ3v) is 13.1. The van der Waals surface area contributed by atoms with Crippen molar-refractivity contribution in [1.29, 1.82) is 0 Å². The number of carbonyl (C=O) groups excluding carboxylic acids is 4. The number of benzene rings is 3. The quantitative estimate of drug-likeness (QED) is 0.158. The summed E-state index contributed by atoms with van der Waals surface area (Å²) in [7, 11) is 0. The van der Waals surface area contributed by atoms with E-state index < -0.39 is 42.1 Å². The summed E-state index contributed by atoms with van der Waals surface area (Å²) in [6.07, 6.45) is -3.93. The number of aromatic amines is 1. The summed E-state index contributed by atoms with van der Waals surface area (Å²) in [5, 5.41) is 2.99. The number of fused-ring (bicyclic) bond motifs is 9. The fourth-order valence-corrected chi connectivity index (χ4v) is 11.4. The zero-order valence-electron chi connectivity index (χ0n) is 27.3. The van der Waals surface area contributed by atoms with Gasteiger partial charge in [-0.15, -0.1) is 11.8 Å². The van der Waals surface area contributed by atoms with Gasteiger partial charge in [0.25, 0.3) is 5.91 Å². The van der Waals surface area contributed by atoms with Crippen LogP contribution in [0.15, 0.2) is 82.6 Å². The molecule has 2 saturated carbocycles. The largest absolute Gasteiger partial charge is 0.484 e. The van der Waals surface area contributed by atoms with Crippen LogP contribution in [0, 0.1) is 29.6 Å². The molecule has 2 bridgehead atoms. The molecule has 3 heterocycles. The van der Waals surface area contributed by atoms with Crippen LogP contribution in [0.5, 0.6) is 5.75 Å². The Morgan fingerprint density at radius 3 is 2.33 bits per heavy atom. The van der Waals surface area contributed by atoms with Gasteiger partial charge in [0.2, 0.25) is 11.8 Å². The lowest BCUT2D eigenvalue weighted by Crippen LogP contribution is -2.42. The Hall–Kier alpha value is -4.89. The van der Waals surface area contributed by atoms with Gasteiger partial charge in [0.05, 0.1) is 46.0 Å². The second kappa shape index (κ2) is 13.0. The molecule has 4 unspecified atom stereocenters. The number of thiazole rings is 1. The van der Waals surface area contributed by atoms with Gasteiger partial charge in [0, 0.05) is 16.0 Å². The van der Waals surface area contributed by atoms with Crippen molar-refractivity contribution in [3.05, 3.63) is 104 Å². The molecule has 52 heavy (non-hydrogen) atoms. The van der Waals surface area contributed by atoms with Crippen LogP contribution in [-0.4, -0.2) is 47.1 Å². The minimum Gasteiger partial charge on any atom is -0.484 e. The highest BCUT2D eigenvalue weighted by atomic mass is 32.2. The average Bonchev–Trinajstić information content (AvgIpc) is 3.86. The maximum absolute atomic E-state index is 14.1. The van der Waals surface area contributed by atoms with Gasteiger partial charge in [-0.3, -0.25) is 24.1 Å². The number of esters is 1. The van der Waals surface area contributed by atoms with E-state index in [0.29, 0.717) is 23.4 Å². The molecule has 0 radical (unpaired) electrons. The number of para-hydroxylation sites is 1. The van der Waals surface area contributed by atoms with Crippen molar-refractivity contribution < 1.29 is 41.8 Å². The monoisotopic (exact) mass is 749 g/mol. The van der Waals surface area contributed by atoms with Crippen LogP contribution in [-0.2, 0) is 25.3 Å². The number of thioether (sulfide) groups is 1. The number of halogens is 3. The molecule has 3 amide bonds. The van der Waals surface area contributed by atoms with Crippen molar-refractivity contribution in [2.45, 2.75) is 35.7 Å². The summed E-state index contributed by atoms with van der Waals surface area (Å²) < 4.78 is 50.8. The zero-order valence-corrected chi connectivity index (χ0v) is 29.0. The first-order valence-electron chi connectivity index (χ1n) is 16.7. The normalized spacial score (nSPS) is 25.8. The lowest BCUT2D eigenvalue weighted by Gasteiger charge is -2.43. The van der Waals surface area contributed by atoms with E-state index in [2.05, 4.69) is 10.3 Å². The van der Waals surface area contributed by atoms with Gasteiger partial charge < -0.3 is 19.8 Å². The number of nitrogens with one attached hydrogen (secondary N) is 2. The minimum absolute atomic E-state index is 0.0314. The van der Waals surface area contributed by atoms with Crippen molar-refractivity contribution >= 4 is 58.2 Å². The maximum Gasteiger partial charge on any atom is 0.418 e. The van der Waals surface area contributed by atoms with Gasteiger partial charge in [-0.25, -0.2) is 4.79 Å². The zero-order chi connectivity index (χ0) is 36.5. The first-order valence-corrected chi connectivity index (χ1v) is 18.4. The summed E-state index contributed by atoms with van der Waals surface area (Å²) in [5.74, 6) is -2.97. The standard InChI is InChI=1S/C37H30F3N3O7S2/c1-2-49-35(47)18-7-11-19(12-8-18)43-33(45)28-21-15-22(29(28)34(43)46)30-27(21)26(31-32(51-30)42-36(48)52-31)17-9-13-20(14-10-17)50-16-25(44)41-24-6-4-3-5-23(24)37(38,39)40/h3-14,21-22,26-30H,2,15-16H2,1H3,(H,41,44)(H,42,48)/t21-,22-,26-,27?,28?,29?,30?/m1/s1. The van der Waals surface area contributed by atoms with Crippen LogP contribution in [0.25, 0.3) is 0 Å². The van der Waals surface area contributed by atoms with Crippen molar-refractivity contribution in [3.8, 4) is 5.75 Å². The third kappa shape index (κ3) is 5.70. The molecule has 7 atom stereocenters. The number of alkyl halides is 3. The lowest BCUT2D eigenvalue weighted by atomic mass is 9.68. The number of ether oxygens (including phenoxy) is 2. The number of carbonyl (C=O) groups is 4. The van der Waals surface area contributed by atoms with Crippen molar-refractivity contribution in [2.24, 2.45) is 29.6 Å². The van der Waals surface area contributed by atoms with E-state index in [4.69, 9.17) is 9.47 Å². The summed E-state index contributed by atoms with van der Waals surface area (Å²) in [6, 6.07) is 18.0. The highest BCUT2D eigenvalue weighted by molar-refractivity contribution is 8.00. The Labute approximate surface area is 302 Å². The summed E-state index contributed by atoms with van der Waals surface area (Å²) in [6.45, 7) is 1.41. The van der Waals surface area contributed by atoms with Crippen molar-refractivity contribution in [1.82, 2.24) is 4.98 Å². The number of anilines is 2. The molecule has 4 aromatic rings. The van der Waals surface area contributed by atoms with E-state index in [-0.39, 0.29) is 57.9 Å². The molecule has 3 aromatic carbocycles. The molecule has 8 rings (SSSR count). The van der Waals surface area contributed by atoms with Gasteiger partial charge >= 0.3 is 17.0 Å². The van der Waals surface area contributed by atoms with E-state index in [0.717, 1.165) is 32.9 Å². The van der Waals surface area contributed by atoms with E-state index >= 15 is 0 Å².